The lowest BCUT2D eigenvalue weighted by molar-refractivity contribution is 0.102. The molecule has 0 atom stereocenters. The Morgan fingerprint density at radius 1 is 0.875 bits per heavy atom. The standard InChI is InChI=1S/C26H24N4O2/c1-3-32-23-14-7-11-20(15-23)26(31)30-22-13-8-12-21(16-22)29-25-17-24(27-18(2)28-25)19-9-5-4-6-10-19/h4-17H,3H2,1-2H3,(H,30,31)(H,27,28,29). The summed E-state index contributed by atoms with van der Waals surface area (Å²) in [5.41, 5.74) is 3.89. The Morgan fingerprint density at radius 2 is 1.66 bits per heavy atom. The number of carbonyl (C=O) groups is 1. The fourth-order valence-electron chi connectivity index (χ4n) is 3.31. The molecule has 32 heavy (non-hydrogen) atoms. The number of ether oxygens (including phenoxy) is 1. The van der Waals surface area contributed by atoms with Gasteiger partial charge in [0.05, 0.1) is 12.3 Å². The summed E-state index contributed by atoms with van der Waals surface area (Å²) >= 11 is 0. The van der Waals surface area contributed by atoms with E-state index >= 15 is 0 Å². The molecule has 2 N–H and O–H groups in total. The maximum Gasteiger partial charge on any atom is 0.255 e. The molecule has 0 spiro atoms. The molecule has 1 heterocycles. The summed E-state index contributed by atoms with van der Waals surface area (Å²) in [4.78, 5) is 21.7. The molecular weight excluding hydrogens is 400 g/mol. The summed E-state index contributed by atoms with van der Waals surface area (Å²) in [6.07, 6.45) is 0. The van der Waals surface area contributed by atoms with Crippen molar-refractivity contribution in [2.75, 3.05) is 17.2 Å². The summed E-state index contributed by atoms with van der Waals surface area (Å²) in [6.45, 7) is 4.32. The van der Waals surface area contributed by atoms with Gasteiger partial charge in [0.2, 0.25) is 0 Å². The molecule has 0 fully saturated rings. The zero-order chi connectivity index (χ0) is 22.3. The van der Waals surface area contributed by atoms with Gasteiger partial charge in [0.1, 0.15) is 17.4 Å². The zero-order valence-electron chi connectivity index (χ0n) is 18.0. The van der Waals surface area contributed by atoms with Crippen molar-refractivity contribution in [3.05, 3.63) is 96.3 Å². The number of benzene rings is 3. The van der Waals surface area contributed by atoms with Crippen LogP contribution in [0.2, 0.25) is 0 Å². The maximum atomic E-state index is 12.7. The highest BCUT2D eigenvalue weighted by Gasteiger charge is 2.09. The van der Waals surface area contributed by atoms with Gasteiger partial charge >= 0.3 is 0 Å². The van der Waals surface area contributed by atoms with Gasteiger partial charge in [-0.3, -0.25) is 4.79 Å². The van der Waals surface area contributed by atoms with E-state index in [1.54, 1.807) is 18.2 Å². The van der Waals surface area contributed by atoms with E-state index in [4.69, 9.17) is 4.74 Å². The average Bonchev–Trinajstić information content (AvgIpc) is 2.80. The van der Waals surface area contributed by atoms with Crippen LogP contribution in [0.5, 0.6) is 5.75 Å². The topological polar surface area (TPSA) is 76.1 Å². The second-order valence-corrected chi connectivity index (χ2v) is 7.17. The maximum absolute atomic E-state index is 12.7. The third-order valence-electron chi connectivity index (χ3n) is 4.71. The van der Waals surface area contributed by atoms with E-state index in [2.05, 4.69) is 20.6 Å². The molecule has 0 aliphatic heterocycles. The molecule has 0 bridgehead atoms. The number of hydrogen-bond acceptors (Lipinski definition) is 5. The van der Waals surface area contributed by atoms with Crippen LogP contribution in [-0.2, 0) is 0 Å². The minimum Gasteiger partial charge on any atom is -0.494 e. The number of aryl methyl sites for hydroxylation is 1. The van der Waals surface area contributed by atoms with Crippen molar-refractivity contribution in [3.8, 4) is 17.0 Å². The van der Waals surface area contributed by atoms with Gasteiger partial charge in [0.15, 0.2) is 0 Å². The SMILES string of the molecule is CCOc1cccc(C(=O)Nc2cccc(Nc3cc(-c4ccccc4)nc(C)n3)c2)c1. The molecule has 6 heteroatoms. The van der Waals surface area contributed by atoms with Crippen LogP contribution in [0.15, 0.2) is 84.9 Å². The lowest BCUT2D eigenvalue weighted by atomic mass is 10.1. The number of anilines is 3. The number of amides is 1. The highest BCUT2D eigenvalue weighted by molar-refractivity contribution is 6.04. The number of nitrogens with zero attached hydrogens (tertiary/aromatic N) is 2. The van der Waals surface area contributed by atoms with Crippen molar-refractivity contribution in [1.82, 2.24) is 9.97 Å². The Kier molecular flexibility index (Phi) is 6.41. The van der Waals surface area contributed by atoms with Crippen molar-refractivity contribution in [2.45, 2.75) is 13.8 Å². The number of hydrogen-bond donors (Lipinski definition) is 2. The summed E-state index contributed by atoms with van der Waals surface area (Å²) < 4.78 is 5.48. The van der Waals surface area contributed by atoms with Gasteiger partial charge in [-0.25, -0.2) is 9.97 Å². The lowest BCUT2D eigenvalue weighted by Crippen LogP contribution is -2.12. The molecule has 1 aromatic heterocycles. The Labute approximate surface area is 187 Å². The van der Waals surface area contributed by atoms with Crippen molar-refractivity contribution >= 4 is 23.1 Å². The number of carbonyl (C=O) groups excluding carboxylic acids is 1. The third kappa shape index (κ3) is 5.29. The Bertz CT molecular complexity index is 1230. The first kappa shape index (κ1) is 21.1. The molecule has 0 saturated carbocycles. The van der Waals surface area contributed by atoms with Crippen molar-refractivity contribution in [1.29, 1.82) is 0 Å². The van der Waals surface area contributed by atoms with Gasteiger partial charge in [-0.15, -0.1) is 0 Å². The van der Waals surface area contributed by atoms with Gasteiger partial charge < -0.3 is 15.4 Å². The van der Waals surface area contributed by atoms with E-state index in [9.17, 15) is 4.79 Å². The first-order valence-corrected chi connectivity index (χ1v) is 10.4. The van der Waals surface area contributed by atoms with Crippen LogP contribution >= 0.6 is 0 Å². The van der Waals surface area contributed by atoms with E-state index in [-0.39, 0.29) is 5.91 Å². The average molecular weight is 425 g/mol. The van der Waals surface area contributed by atoms with E-state index in [0.29, 0.717) is 35.2 Å². The minimum absolute atomic E-state index is 0.201. The van der Waals surface area contributed by atoms with Gasteiger partial charge in [-0.1, -0.05) is 42.5 Å². The fourth-order valence-corrected chi connectivity index (χ4v) is 3.31. The highest BCUT2D eigenvalue weighted by atomic mass is 16.5. The van der Waals surface area contributed by atoms with Crippen LogP contribution in [0.25, 0.3) is 11.3 Å². The molecule has 0 unspecified atom stereocenters. The second-order valence-electron chi connectivity index (χ2n) is 7.17. The molecule has 6 nitrogen and oxygen atoms in total. The Balaban J connectivity index is 1.51. The molecule has 0 aliphatic rings. The van der Waals surface area contributed by atoms with Crippen LogP contribution in [0.3, 0.4) is 0 Å². The number of aromatic nitrogens is 2. The Hall–Kier alpha value is -4.19. The predicted octanol–water partition coefficient (Wildman–Crippen LogP) is 5.85. The van der Waals surface area contributed by atoms with E-state index in [1.165, 1.54) is 0 Å². The number of nitrogens with one attached hydrogen (secondary N) is 2. The van der Waals surface area contributed by atoms with Gasteiger partial charge in [0.25, 0.3) is 5.91 Å². The fraction of sp³-hybridized carbons (Fsp3) is 0.115. The first-order chi connectivity index (χ1) is 15.6. The Morgan fingerprint density at radius 3 is 2.47 bits per heavy atom. The van der Waals surface area contributed by atoms with Gasteiger partial charge in [-0.05, 0) is 50.2 Å². The molecular formula is C26H24N4O2. The summed E-state index contributed by atoms with van der Waals surface area (Å²) in [6, 6.07) is 26.5. The van der Waals surface area contributed by atoms with E-state index in [1.807, 2.05) is 80.6 Å². The highest BCUT2D eigenvalue weighted by Crippen LogP contribution is 2.24. The molecule has 0 radical (unpaired) electrons. The van der Waals surface area contributed by atoms with E-state index in [0.717, 1.165) is 16.9 Å². The monoisotopic (exact) mass is 424 g/mol. The van der Waals surface area contributed by atoms with Crippen LogP contribution in [-0.4, -0.2) is 22.5 Å². The molecule has 4 aromatic rings. The molecule has 160 valence electrons. The summed E-state index contributed by atoms with van der Waals surface area (Å²) in [5.74, 6) is 1.83. The first-order valence-electron chi connectivity index (χ1n) is 10.4. The minimum atomic E-state index is -0.201. The molecule has 0 saturated heterocycles. The zero-order valence-corrected chi connectivity index (χ0v) is 18.0. The van der Waals surface area contributed by atoms with Crippen LogP contribution in [0.1, 0.15) is 23.1 Å². The summed E-state index contributed by atoms with van der Waals surface area (Å²) in [7, 11) is 0. The largest absolute Gasteiger partial charge is 0.494 e. The quantitative estimate of drug-likeness (QED) is 0.389. The normalized spacial score (nSPS) is 10.4. The van der Waals surface area contributed by atoms with Crippen molar-refractivity contribution < 1.29 is 9.53 Å². The lowest BCUT2D eigenvalue weighted by Gasteiger charge is -2.11. The molecule has 1 amide bonds. The smallest absolute Gasteiger partial charge is 0.255 e. The molecule has 3 aromatic carbocycles. The van der Waals surface area contributed by atoms with Gasteiger partial charge in [-0.2, -0.15) is 0 Å². The second kappa shape index (κ2) is 9.75. The molecule has 0 aliphatic carbocycles. The van der Waals surface area contributed by atoms with Crippen LogP contribution in [0, 0.1) is 6.92 Å². The van der Waals surface area contributed by atoms with Crippen LogP contribution < -0.4 is 15.4 Å². The summed E-state index contributed by atoms with van der Waals surface area (Å²) in [5, 5.41) is 6.25. The molecule has 4 rings (SSSR count). The van der Waals surface area contributed by atoms with Crippen molar-refractivity contribution in [2.24, 2.45) is 0 Å². The third-order valence-corrected chi connectivity index (χ3v) is 4.71. The predicted molar refractivity (Wildman–Crippen MR) is 127 cm³/mol. The van der Waals surface area contributed by atoms with E-state index < -0.39 is 0 Å². The van der Waals surface area contributed by atoms with Crippen LogP contribution in [0.4, 0.5) is 17.2 Å². The van der Waals surface area contributed by atoms with Gasteiger partial charge in [0, 0.05) is 28.6 Å². The number of rotatable bonds is 7. The van der Waals surface area contributed by atoms with Crippen molar-refractivity contribution in [3.63, 3.8) is 0 Å².